The highest BCUT2D eigenvalue weighted by Gasteiger charge is 2.12. The van der Waals surface area contributed by atoms with Crippen LogP contribution in [-0.4, -0.2) is 23.3 Å². The summed E-state index contributed by atoms with van der Waals surface area (Å²) in [6, 6.07) is 11.8. The molecule has 0 aliphatic heterocycles. The Bertz CT molecular complexity index is 658. The zero-order valence-corrected chi connectivity index (χ0v) is 9.74. The van der Waals surface area contributed by atoms with Gasteiger partial charge in [-0.1, -0.05) is 36.4 Å². The number of fused-ring (bicyclic) bond motifs is 1. The molecule has 8 heteroatoms. The Morgan fingerprint density at radius 3 is 2.11 bits per heavy atom. The fraction of sp³-hybridized carbons (Fsp3) is 0. The summed E-state index contributed by atoms with van der Waals surface area (Å²) in [6.07, 6.45) is 0. The normalized spacial score (nSPS) is 10.5. The van der Waals surface area contributed by atoms with Gasteiger partial charge >= 0.3 is 0 Å². The predicted molar refractivity (Wildman–Crippen MR) is 62.5 cm³/mol. The van der Waals surface area contributed by atoms with Crippen LogP contribution in [0.2, 0.25) is 0 Å². The van der Waals surface area contributed by atoms with Crippen molar-refractivity contribution in [1.29, 1.82) is 0 Å². The van der Waals surface area contributed by atoms with E-state index in [2.05, 4.69) is 0 Å². The number of nitrogens with zero attached hydrogens (tertiary/aromatic N) is 1. The lowest BCUT2D eigenvalue weighted by Gasteiger charge is -2.02. The number of rotatable bonds is 1. The minimum Gasteiger partial charge on any atom is -0.328 e. The smallest absolute Gasteiger partial charge is 0.295 e. The lowest BCUT2D eigenvalue weighted by atomic mass is 10.1. The Hall–Kier alpha value is -2.19. The third-order valence-electron chi connectivity index (χ3n) is 2.03. The van der Waals surface area contributed by atoms with E-state index < -0.39 is 15.2 Å². The molecule has 0 aliphatic carbocycles. The van der Waals surface area contributed by atoms with Crippen molar-refractivity contribution in [1.82, 2.24) is 0 Å². The lowest BCUT2D eigenvalue weighted by molar-refractivity contribution is -0.742. The van der Waals surface area contributed by atoms with E-state index in [0.717, 1.165) is 5.39 Å². The maximum Gasteiger partial charge on any atom is 0.295 e. The van der Waals surface area contributed by atoms with Gasteiger partial charge < -0.3 is 5.21 Å². The molecule has 2 aromatic rings. The molecule has 2 aromatic carbocycles. The van der Waals surface area contributed by atoms with Crippen LogP contribution in [0.25, 0.3) is 10.8 Å². The van der Waals surface area contributed by atoms with Crippen LogP contribution in [0, 0.1) is 10.1 Å². The van der Waals surface area contributed by atoms with E-state index in [-0.39, 0.29) is 4.90 Å². The van der Waals surface area contributed by atoms with Crippen molar-refractivity contribution in [3.63, 3.8) is 0 Å². The Labute approximate surface area is 102 Å². The van der Waals surface area contributed by atoms with Crippen molar-refractivity contribution < 1.29 is 23.3 Å². The van der Waals surface area contributed by atoms with Gasteiger partial charge in [0.05, 0.1) is 0 Å². The summed E-state index contributed by atoms with van der Waals surface area (Å²) in [7, 11) is -4.13. The minimum atomic E-state index is -4.13. The maximum absolute atomic E-state index is 11.0. The molecule has 0 amide bonds. The largest absolute Gasteiger partial charge is 0.328 e. The summed E-state index contributed by atoms with van der Waals surface area (Å²) in [6.45, 7) is 0. The van der Waals surface area contributed by atoms with E-state index in [1.807, 2.05) is 6.07 Å². The van der Waals surface area contributed by atoms with Crippen LogP contribution in [0.5, 0.6) is 0 Å². The summed E-state index contributed by atoms with van der Waals surface area (Å²) in [5.74, 6) is 0. The van der Waals surface area contributed by atoms with Gasteiger partial charge in [-0.25, -0.2) is 0 Å². The third-order valence-corrected chi connectivity index (χ3v) is 2.94. The van der Waals surface area contributed by atoms with Crippen LogP contribution in [0.1, 0.15) is 0 Å². The minimum absolute atomic E-state index is 0.0457. The standard InChI is InChI=1S/C10H8O3S.HNO3/c11-14(12,13)10-7-3-5-8-4-1-2-6-9(8)10;2-1(3)4/h1-7H,(H,11,12,13);(H,2,3,4). The zero-order chi connectivity index (χ0) is 13.8. The molecule has 0 radical (unpaired) electrons. The van der Waals surface area contributed by atoms with Crippen molar-refractivity contribution in [3.8, 4) is 0 Å². The second-order valence-corrected chi connectivity index (χ2v) is 4.58. The quantitative estimate of drug-likeness (QED) is 0.463. The van der Waals surface area contributed by atoms with Gasteiger partial charge in [0.2, 0.25) is 0 Å². The van der Waals surface area contributed by atoms with Gasteiger partial charge in [-0.2, -0.15) is 8.42 Å². The van der Waals surface area contributed by atoms with Crippen LogP contribution in [0.4, 0.5) is 0 Å². The van der Waals surface area contributed by atoms with E-state index in [4.69, 9.17) is 19.9 Å². The van der Waals surface area contributed by atoms with Gasteiger partial charge in [0.1, 0.15) is 4.90 Å². The van der Waals surface area contributed by atoms with E-state index >= 15 is 0 Å². The summed E-state index contributed by atoms with van der Waals surface area (Å²) >= 11 is 0. The van der Waals surface area contributed by atoms with Crippen LogP contribution in [-0.2, 0) is 10.1 Å². The van der Waals surface area contributed by atoms with E-state index in [1.165, 1.54) is 6.07 Å². The van der Waals surface area contributed by atoms with Crippen molar-refractivity contribution in [2.24, 2.45) is 0 Å². The molecule has 0 fully saturated rings. The first kappa shape index (κ1) is 13.9. The van der Waals surface area contributed by atoms with Gasteiger partial charge in [0, 0.05) is 5.39 Å². The molecule has 0 unspecified atom stereocenters. The fourth-order valence-electron chi connectivity index (χ4n) is 1.42. The zero-order valence-electron chi connectivity index (χ0n) is 8.92. The highest BCUT2D eigenvalue weighted by molar-refractivity contribution is 7.86. The summed E-state index contributed by atoms with van der Waals surface area (Å²) in [4.78, 5) is 8.32. The van der Waals surface area contributed by atoms with Crippen molar-refractivity contribution in [3.05, 3.63) is 52.6 Å². The predicted octanol–water partition coefficient (Wildman–Crippen LogP) is 1.74. The van der Waals surface area contributed by atoms with Crippen molar-refractivity contribution in [2.75, 3.05) is 0 Å². The second kappa shape index (κ2) is 5.43. The maximum atomic E-state index is 11.0. The molecule has 0 saturated heterocycles. The van der Waals surface area contributed by atoms with Gasteiger partial charge in [-0.15, -0.1) is 10.1 Å². The number of hydrogen-bond donors (Lipinski definition) is 2. The monoisotopic (exact) mass is 271 g/mol. The van der Waals surface area contributed by atoms with Crippen LogP contribution >= 0.6 is 0 Å². The van der Waals surface area contributed by atoms with Gasteiger partial charge in [0.15, 0.2) is 0 Å². The molecule has 0 aliphatic rings. The lowest BCUT2D eigenvalue weighted by Crippen LogP contribution is -1.98. The molecular weight excluding hydrogens is 262 g/mol. The Balaban J connectivity index is 0.000000357. The first-order valence-electron chi connectivity index (χ1n) is 4.61. The van der Waals surface area contributed by atoms with Crippen molar-refractivity contribution >= 4 is 20.9 Å². The molecule has 0 aromatic heterocycles. The van der Waals surface area contributed by atoms with Crippen LogP contribution in [0.3, 0.4) is 0 Å². The summed E-state index contributed by atoms with van der Waals surface area (Å²) in [5, 5.41) is 15.0. The SMILES string of the molecule is O=S(=O)(O)c1cccc2ccccc12.O=[N+]([O-])O. The number of hydrogen-bond acceptors (Lipinski definition) is 4. The number of benzene rings is 2. The van der Waals surface area contributed by atoms with Crippen LogP contribution < -0.4 is 0 Å². The molecule has 0 spiro atoms. The molecule has 2 N–H and O–H groups in total. The highest BCUT2D eigenvalue weighted by Crippen LogP contribution is 2.21. The summed E-state index contributed by atoms with van der Waals surface area (Å²) < 4.78 is 31.0. The summed E-state index contributed by atoms with van der Waals surface area (Å²) in [5.41, 5.74) is 0. The van der Waals surface area contributed by atoms with E-state index in [1.54, 1.807) is 30.3 Å². The topological polar surface area (TPSA) is 118 Å². The first-order chi connectivity index (χ1) is 8.32. The van der Waals surface area contributed by atoms with Crippen molar-refractivity contribution in [2.45, 2.75) is 4.90 Å². The Kier molecular flexibility index (Phi) is 4.18. The molecular formula is C10H9NO6S. The van der Waals surface area contributed by atoms with E-state index in [9.17, 15) is 8.42 Å². The molecule has 0 heterocycles. The van der Waals surface area contributed by atoms with Gasteiger partial charge in [0.25, 0.3) is 15.2 Å². The second-order valence-electron chi connectivity index (χ2n) is 3.19. The third kappa shape index (κ3) is 3.68. The molecule has 96 valence electrons. The molecule has 7 nitrogen and oxygen atoms in total. The first-order valence-corrected chi connectivity index (χ1v) is 6.05. The molecule has 2 rings (SSSR count). The van der Waals surface area contributed by atoms with E-state index in [0.29, 0.717) is 5.39 Å². The average Bonchev–Trinajstić information content (AvgIpc) is 2.26. The molecule has 18 heavy (non-hydrogen) atoms. The molecule has 0 saturated carbocycles. The molecule has 0 atom stereocenters. The van der Waals surface area contributed by atoms with Gasteiger partial charge in [-0.3, -0.25) is 4.55 Å². The highest BCUT2D eigenvalue weighted by atomic mass is 32.2. The Morgan fingerprint density at radius 2 is 1.56 bits per heavy atom. The van der Waals surface area contributed by atoms with Crippen LogP contribution in [0.15, 0.2) is 47.4 Å². The average molecular weight is 271 g/mol. The molecule has 0 bridgehead atoms. The Morgan fingerprint density at radius 1 is 1.06 bits per heavy atom. The fourth-order valence-corrected chi connectivity index (χ4v) is 2.13. The van der Waals surface area contributed by atoms with Gasteiger partial charge in [-0.05, 0) is 11.5 Å².